The van der Waals surface area contributed by atoms with Crippen molar-refractivity contribution in [2.75, 3.05) is 13.1 Å². The van der Waals surface area contributed by atoms with Crippen molar-refractivity contribution in [1.82, 2.24) is 10.2 Å². The number of hydrogen-bond acceptors (Lipinski definition) is 3. The molecule has 1 spiro atoms. The van der Waals surface area contributed by atoms with Gasteiger partial charge in [-0.1, -0.05) is 19.3 Å². The Morgan fingerprint density at radius 1 is 1.25 bits per heavy atom. The molecule has 2 heterocycles. The van der Waals surface area contributed by atoms with Crippen molar-refractivity contribution in [1.29, 1.82) is 0 Å². The van der Waals surface area contributed by atoms with E-state index in [1.54, 1.807) is 16.2 Å². The third-order valence-electron chi connectivity index (χ3n) is 4.37. The van der Waals surface area contributed by atoms with Gasteiger partial charge in [0.1, 0.15) is 5.54 Å². The van der Waals surface area contributed by atoms with E-state index in [0.717, 1.165) is 32.1 Å². The second kappa shape index (κ2) is 5.56. The zero-order chi connectivity index (χ0) is 14.0. The smallest absolute Gasteiger partial charge is 0.248 e. The Hall–Kier alpha value is -1.36. The third kappa shape index (κ3) is 2.59. The predicted molar refractivity (Wildman–Crippen MR) is 78.6 cm³/mol. The van der Waals surface area contributed by atoms with Crippen LogP contribution in [0.1, 0.15) is 37.7 Å². The molecule has 2 amide bonds. The van der Waals surface area contributed by atoms with Gasteiger partial charge in [0.05, 0.1) is 6.54 Å². The van der Waals surface area contributed by atoms with Gasteiger partial charge in [-0.15, -0.1) is 0 Å². The van der Waals surface area contributed by atoms with Crippen molar-refractivity contribution in [3.63, 3.8) is 0 Å². The first-order chi connectivity index (χ1) is 9.70. The van der Waals surface area contributed by atoms with Crippen LogP contribution in [0.4, 0.5) is 0 Å². The first kappa shape index (κ1) is 13.6. The largest absolute Gasteiger partial charge is 0.340 e. The molecule has 1 saturated heterocycles. The lowest BCUT2D eigenvalue weighted by atomic mass is 9.79. The quantitative estimate of drug-likeness (QED) is 0.926. The third-order valence-corrected chi connectivity index (χ3v) is 5.10. The van der Waals surface area contributed by atoms with Gasteiger partial charge in [0.2, 0.25) is 11.8 Å². The van der Waals surface area contributed by atoms with Crippen molar-refractivity contribution in [3.05, 3.63) is 22.4 Å². The number of piperazine rings is 1. The summed E-state index contributed by atoms with van der Waals surface area (Å²) >= 11 is 1.67. The summed E-state index contributed by atoms with van der Waals surface area (Å²) in [4.78, 5) is 26.4. The number of rotatable bonds is 3. The lowest BCUT2D eigenvalue weighted by Crippen LogP contribution is -2.67. The molecule has 1 aliphatic carbocycles. The summed E-state index contributed by atoms with van der Waals surface area (Å²) in [7, 11) is 0. The SMILES string of the molecule is O=C1CN(CCc2ccsc2)C(=O)C2(CCCCC2)N1. The van der Waals surface area contributed by atoms with Gasteiger partial charge >= 0.3 is 0 Å². The molecule has 0 radical (unpaired) electrons. The van der Waals surface area contributed by atoms with E-state index in [9.17, 15) is 9.59 Å². The van der Waals surface area contributed by atoms with Crippen LogP contribution in [-0.4, -0.2) is 35.3 Å². The second-order valence-electron chi connectivity index (χ2n) is 5.80. The lowest BCUT2D eigenvalue weighted by molar-refractivity contribution is -0.151. The summed E-state index contributed by atoms with van der Waals surface area (Å²) < 4.78 is 0. The number of carbonyl (C=O) groups is 2. The van der Waals surface area contributed by atoms with Crippen molar-refractivity contribution in [2.45, 2.75) is 44.1 Å². The number of nitrogens with one attached hydrogen (secondary N) is 1. The highest BCUT2D eigenvalue weighted by Gasteiger charge is 2.46. The van der Waals surface area contributed by atoms with Crippen LogP contribution < -0.4 is 5.32 Å². The van der Waals surface area contributed by atoms with Crippen LogP contribution >= 0.6 is 11.3 Å². The van der Waals surface area contributed by atoms with Crippen molar-refractivity contribution >= 4 is 23.2 Å². The Balaban J connectivity index is 1.70. The molecule has 3 rings (SSSR count). The minimum absolute atomic E-state index is 0.00295. The normalized spacial score (nSPS) is 22.1. The maximum atomic E-state index is 12.7. The van der Waals surface area contributed by atoms with E-state index in [0.29, 0.717) is 6.54 Å². The highest BCUT2D eigenvalue weighted by Crippen LogP contribution is 2.31. The van der Waals surface area contributed by atoms with Gasteiger partial charge in [0.15, 0.2) is 0 Å². The number of nitrogens with zero attached hydrogens (tertiary/aromatic N) is 1. The molecule has 0 bridgehead atoms. The van der Waals surface area contributed by atoms with E-state index >= 15 is 0 Å². The number of hydrogen-bond donors (Lipinski definition) is 1. The van der Waals surface area contributed by atoms with Crippen molar-refractivity contribution in [2.24, 2.45) is 0 Å². The van der Waals surface area contributed by atoms with Gasteiger partial charge in [0.25, 0.3) is 0 Å². The molecule has 5 heteroatoms. The van der Waals surface area contributed by atoms with E-state index in [-0.39, 0.29) is 18.4 Å². The molecule has 0 atom stereocenters. The minimum Gasteiger partial charge on any atom is -0.340 e. The maximum Gasteiger partial charge on any atom is 0.248 e. The van der Waals surface area contributed by atoms with E-state index in [2.05, 4.69) is 16.8 Å². The number of amides is 2. The molecule has 4 nitrogen and oxygen atoms in total. The molecular weight excluding hydrogens is 272 g/mol. The van der Waals surface area contributed by atoms with Crippen LogP contribution in [-0.2, 0) is 16.0 Å². The standard InChI is InChI=1S/C15H20N2O2S/c18-13-10-17(8-4-12-5-9-20-11-12)14(19)15(16-13)6-2-1-3-7-15/h5,9,11H,1-4,6-8,10H2,(H,16,18). The van der Waals surface area contributed by atoms with Gasteiger partial charge in [0, 0.05) is 6.54 Å². The Labute approximate surface area is 123 Å². The summed E-state index contributed by atoms with van der Waals surface area (Å²) in [5, 5.41) is 7.12. The molecule has 20 heavy (non-hydrogen) atoms. The predicted octanol–water partition coefficient (Wildman–Crippen LogP) is 1.95. The Morgan fingerprint density at radius 3 is 2.75 bits per heavy atom. The molecule has 108 valence electrons. The summed E-state index contributed by atoms with van der Waals surface area (Å²) in [6.45, 7) is 0.857. The molecule has 2 fully saturated rings. The van der Waals surface area contributed by atoms with Crippen LogP contribution in [0.25, 0.3) is 0 Å². The molecular formula is C15H20N2O2S. The second-order valence-corrected chi connectivity index (χ2v) is 6.58. The van der Waals surface area contributed by atoms with E-state index in [1.165, 1.54) is 12.0 Å². The molecule has 1 N–H and O–H groups in total. The van der Waals surface area contributed by atoms with Gasteiger partial charge in [-0.05, 0) is 41.7 Å². The molecule has 1 aliphatic heterocycles. The first-order valence-electron chi connectivity index (χ1n) is 7.31. The summed E-state index contributed by atoms with van der Waals surface area (Å²) in [5.41, 5.74) is 0.647. The van der Waals surface area contributed by atoms with E-state index in [1.807, 2.05) is 5.38 Å². The topological polar surface area (TPSA) is 49.4 Å². The molecule has 1 saturated carbocycles. The molecule has 1 aromatic rings. The summed E-state index contributed by atoms with van der Waals surface area (Å²) in [6, 6.07) is 2.08. The van der Waals surface area contributed by atoms with Crippen LogP contribution in [0.5, 0.6) is 0 Å². The van der Waals surface area contributed by atoms with Crippen molar-refractivity contribution in [3.8, 4) is 0 Å². The zero-order valence-electron chi connectivity index (χ0n) is 11.6. The minimum atomic E-state index is -0.595. The fraction of sp³-hybridized carbons (Fsp3) is 0.600. The zero-order valence-corrected chi connectivity index (χ0v) is 12.4. The lowest BCUT2D eigenvalue weighted by Gasteiger charge is -2.44. The first-order valence-corrected chi connectivity index (χ1v) is 8.25. The van der Waals surface area contributed by atoms with Gasteiger partial charge in [-0.25, -0.2) is 0 Å². The fourth-order valence-electron chi connectivity index (χ4n) is 3.28. The average molecular weight is 292 g/mol. The van der Waals surface area contributed by atoms with Crippen LogP contribution in [0, 0.1) is 0 Å². The average Bonchev–Trinajstić information content (AvgIpc) is 2.95. The van der Waals surface area contributed by atoms with Crippen LogP contribution in [0.3, 0.4) is 0 Å². The van der Waals surface area contributed by atoms with Gasteiger partial charge in [-0.2, -0.15) is 11.3 Å². The summed E-state index contributed by atoms with van der Waals surface area (Å²) in [6.07, 6.45) is 5.66. The Kier molecular flexibility index (Phi) is 3.78. The van der Waals surface area contributed by atoms with Crippen molar-refractivity contribution < 1.29 is 9.59 Å². The fourth-order valence-corrected chi connectivity index (χ4v) is 3.98. The molecule has 1 aromatic heterocycles. The summed E-state index contributed by atoms with van der Waals surface area (Å²) in [5.74, 6) is 0.129. The number of carbonyl (C=O) groups excluding carboxylic acids is 2. The van der Waals surface area contributed by atoms with E-state index in [4.69, 9.17) is 0 Å². The molecule has 0 unspecified atom stereocenters. The van der Waals surface area contributed by atoms with Gasteiger partial charge < -0.3 is 10.2 Å². The molecule has 0 aromatic carbocycles. The highest BCUT2D eigenvalue weighted by atomic mass is 32.1. The maximum absolute atomic E-state index is 12.7. The Bertz CT molecular complexity index is 492. The molecule has 2 aliphatic rings. The van der Waals surface area contributed by atoms with E-state index < -0.39 is 5.54 Å². The van der Waals surface area contributed by atoms with Crippen LogP contribution in [0.15, 0.2) is 16.8 Å². The highest BCUT2D eigenvalue weighted by molar-refractivity contribution is 7.07. The number of thiophene rings is 1. The monoisotopic (exact) mass is 292 g/mol. The van der Waals surface area contributed by atoms with Gasteiger partial charge in [-0.3, -0.25) is 9.59 Å². The van der Waals surface area contributed by atoms with Crippen LogP contribution in [0.2, 0.25) is 0 Å². The Morgan fingerprint density at radius 2 is 2.05 bits per heavy atom.